The van der Waals surface area contributed by atoms with Crippen molar-refractivity contribution in [2.24, 2.45) is 11.1 Å². The molecule has 0 aromatic carbocycles. The molecule has 3 heterocycles. The van der Waals surface area contributed by atoms with Crippen LogP contribution in [0.15, 0.2) is 17.3 Å². The molecule has 1 aromatic rings. The molecular formula is C16H22ClN3O2S. The number of hydrogen-bond acceptors (Lipinski definition) is 5. The smallest absolute Gasteiger partial charge is 0.261 e. The summed E-state index contributed by atoms with van der Waals surface area (Å²) in [6.07, 6.45) is 3.09. The number of rotatable bonds is 5. The molecule has 2 aliphatic heterocycles. The fraction of sp³-hybridized carbons (Fsp3) is 0.625. The van der Waals surface area contributed by atoms with Gasteiger partial charge in [0, 0.05) is 12.3 Å². The summed E-state index contributed by atoms with van der Waals surface area (Å²) >= 11 is 7.13. The number of oxime groups is 1. The first-order valence-corrected chi connectivity index (χ1v) is 9.33. The Morgan fingerprint density at radius 3 is 2.91 bits per heavy atom. The van der Waals surface area contributed by atoms with E-state index in [1.807, 2.05) is 0 Å². The predicted molar refractivity (Wildman–Crippen MR) is 93.4 cm³/mol. The van der Waals surface area contributed by atoms with Gasteiger partial charge in [0.25, 0.3) is 5.91 Å². The van der Waals surface area contributed by atoms with Crippen LogP contribution < -0.4 is 5.32 Å². The molecule has 0 saturated carbocycles. The topological polar surface area (TPSA) is 53.9 Å². The molecule has 5 nitrogen and oxygen atoms in total. The van der Waals surface area contributed by atoms with Crippen molar-refractivity contribution in [3.05, 3.63) is 21.3 Å². The highest BCUT2D eigenvalue weighted by Crippen LogP contribution is 2.25. The van der Waals surface area contributed by atoms with Crippen molar-refractivity contribution in [2.45, 2.75) is 32.3 Å². The standard InChI is InChI=1S/C16H22ClN3O2S/c1-2-20-7-5-11(6-8-20)13-9-12(22-19-13)10-18-16(21)14-3-4-15(17)23-14/h3-4,11-12H,2,5-10H2,1H3,(H,18,21). The molecule has 0 aliphatic carbocycles. The normalized spacial score (nSPS) is 22.7. The number of thiophene rings is 1. The van der Waals surface area contributed by atoms with E-state index in [9.17, 15) is 4.79 Å². The van der Waals surface area contributed by atoms with Crippen molar-refractivity contribution in [3.8, 4) is 0 Å². The molecule has 23 heavy (non-hydrogen) atoms. The Kier molecular flexibility index (Phi) is 5.56. The van der Waals surface area contributed by atoms with E-state index in [4.69, 9.17) is 16.4 Å². The van der Waals surface area contributed by atoms with Crippen LogP contribution in [0.3, 0.4) is 0 Å². The third-order valence-corrected chi connectivity index (χ3v) is 5.78. The summed E-state index contributed by atoms with van der Waals surface area (Å²) in [7, 11) is 0. The highest BCUT2D eigenvalue weighted by atomic mass is 35.5. The molecular weight excluding hydrogens is 334 g/mol. The van der Waals surface area contributed by atoms with Crippen molar-refractivity contribution in [2.75, 3.05) is 26.2 Å². The summed E-state index contributed by atoms with van der Waals surface area (Å²) < 4.78 is 0.622. The van der Waals surface area contributed by atoms with Gasteiger partial charge in [-0.15, -0.1) is 11.3 Å². The van der Waals surface area contributed by atoms with E-state index in [-0.39, 0.29) is 12.0 Å². The van der Waals surface area contributed by atoms with E-state index in [1.165, 1.54) is 17.0 Å². The highest BCUT2D eigenvalue weighted by Gasteiger charge is 2.30. The van der Waals surface area contributed by atoms with Crippen molar-refractivity contribution in [3.63, 3.8) is 0 Å². The molecule has 1 amide bonds. The van der Waals surface area contributed by atoms with E-state index in [0.717, 1.165) is 38.9 Å². The monoisotopic (exact) mass is 355 g/mol. The van der Waals surface area contributed by atoms with Gasteiger partial charge in [0.1, 0.15) is 6.10 Å². The zero-order valence-electron chi connectivity index (χ0n) is 13.3. The van der Waals surface area contributed by atoms with Crippen LogP contribution in [0.1, 0.15) is 35.9 Å². The summed E-state index contributed by atoms with van der Waals surface area (Å²) in [6, 6.07) is 3.47. The van der Waals surface area contributed by atoms with Gasteiger partial charge in [-0.3, -0.25) is 4.79 Å². The van der Waals surface area contributed by atoms with E-state index < -0.39 is 0 Å². The van der Waals surface area contributed by atoms with E-state index >= 15 is 0 Å². The lowest BCUT2D eigenvalue weighted by Crippen LogP contribution is -2.36. The largest absolute Gasteiger partial charge is 0.390 e. The second-order valence-corrected chi connectivity index (χ2v) is 7.75. The number of amides is 1. The summed E-state index contributed by atoms with van der Waals surface area (Å²) in [4.78, 5) is 20.6. The lowest BCUT2D eigenvalue weighted by molar-refractivity contribution is 0.0755. The van der Waals surface area contributed by atoms with Crippen LogP contribution in [0, 0.1) is 5.92 Å². The summed E-state index contributed by atoms with van der Waals surface area (Å²) in [5.74, 6) is 0.435. The minimum Gasteiger partial charge on any atom is -0.390 e. The number of hydrogen-bond donors (Lipinski definition) is 1. The first kappa shape index (κ1) is 16.7. The number of likely N-dealkylation sites (tertiary alicyclic amines) is 1. The van der Waals surface area contributed by atoms with Crippen LogP contribution in [-0.4, -0.2) is 48.8 Å². The van der Waals surface area contributed by atoms with Gasteiger partial charge in [-0.05, 0) is 44.6 Å². The summed E-state index contributed by atoms with van der Waals surface area (Å²) in [5.41, 5.74) is 1.17. The number of piperidine rings is 1. The van der Waals surface area contributed by atoms with Gasteiger partial charge in [-0.25, -0.2) is 0 Å². The third-order valence-electron chi connectivity index (χ3n) is 4.55. The summed E-state index contributed by atoms with van der Waals surface area (Å²) in [6.45, 7) is 6.09. The number of carbonyl (C=O) groups is 1. The van der Waals surface area contributed by atoms with E-state index in [2.05, 4.69) is 22.3 Å². The number of nitrogens with one attached hydrogen (secondary N) is 1. The first-order chi connectivity index (χ1) is 11.2. The average molecular weight is 356 g/mol. The van der Waals surface area contributed by atoms with Crippen molar-refractivity contribution in [1.82, 2.24) is 10.2 Å². The van der Waals surface area contributed by atoms with Crippen LogP contribution in [0.2, 0.25) is 4.34 Å². The molecule has 7 heteroatoms. The molecule has 1 aromatic heterocycles. The van der Waals surface area contributed by atoms with Crippen molar-refractivity contribution in [1.29, 1.82) is 0 Å². The van der Waals surface area contributed by atoms with Crippen molar-refractivity contribution < 1.29 is 9.63 Å². The van der Waals surface area contributed by atoms with Gasteiger partial charge < -0.3 is 15.1 Å². The number of carbonyl (C=O) groups excluding carboxylic acids is 1. The van der Waals surface area contributed by atoms with E-state index in [0.29, 0.717) is 21.7 Å². The van der Waals surface area contributed by atoms with Gasteiger partial charge in [0.05, 0.1) is 21.5 Å². The average Bonchev–Trinajstić information content (AvgIpc) is 3.22. The molecule has 0 spiro atoms. The van der Waals surface area contributed by atoms with Crippen LogP contribution in [0.4, 0.5) is 0 Å². The van der Waals surface area contributed by atoms with Crippen LogP contribution in [-0.2, 0) is 4.84 Å². The third kappa shape index (κ3) is 4.25. The maximum absolute atomic E-state index is 12.0. The second kappa shape index (κ2) is 7.64. The molecule has 0 bridgehead atoms. The second-order valence-electron chi connectivity index (χ2n) is 6.04. The molecule has 1 atom stereocenters. The highest BCUT2D eigenvalue weighted by molar-refractivity contribution is 7.17. The van der Waals surface area contributed by atoms with Gasteiger partial charge in [-0.2, -0.15) is 0 Å². The van der Waals surface area contributed by atoms with Crippen LogP contribution in [0.5, 0.6) is 0 Å². The predicted octanol–water partition coefficient (Wildman–Crippen LogP) is 3.01. The molecule has 2 aliphatic rings. The van der Waals surface area contributed by atoms with Gasteiger partial charge in [-0.1, -0.05) is 23.7 Å². The Labute approximate surface area is 145 Å². The Hall–Kier alpha value is -1.11. The first-order valence-electron chi connectivity index (χ1n) is 8.14. The molecule has 1 fully saturated rings. The number of halogens is 1. The maximum atomic E-state index is 12.0. The molecule has 0 radical (unpaired) electrons. The molecule has 1 unspecified atom stereocenters. The molecule has 1 saturated heterocycles. The quantitative estimate of drug-likeness (QED) is 0.883. The Morgan fingerprint density at radius 2 is 2.26 bits per heavy atom. The summed E-state index contributed by atoms with van der Waals surface area (Å²) in [5, 5.41) is 7.17. The Balaban J connectivity index is 1.42. The fourth-order valence-corrected chi connectivity index (χ4v) is 4.07. The lowest BCUT2D eigenvalue weighted by atomic mass is 9.89. The van der Waals surface area contributed by atoms with Gasteiger partial charge >= 0.3 is 0 Å². The van der Waals surface area contributed by atoms with Crippen LogP contribution in [0.25, 0.3) is 0 Å². The molecule has 1 N–H and O–H groups in total. The maximum Gasteiger partial charge on any atom is 0.261 e. The Morgan fingerprint density at radius 1 is 1.48 bits per heavy atom. The van der Waals surface area contributed by atoms with Gasteiger partial charge in [0.15, 0.2) is 0 Å². The van der Waals surface area contributed by atoms with Crippen LogP contribution >= 0.6 is 22.9 Å². The van der Waals surface area contributed by atoms with Crippen molar-refractivity contribution >= 4 is 34.6 Å². The minimum atomic E-state index is -0.102. The SMILES string of the molecule is CCN1CCC(C2=NOC(CNC(=O)c3ccc(Cl)s3)C2)CC1. The van der Waals surface area contributed by atoms with E-state index in [1.54, 1.807) is 12.1 Å². The molecule has 126 valence electrons. The number of nitrogens with zero attached hydrogens (tertiary/aromatic N) is 2. The lowest BCUT2D eigenvalue weighted by Gasteiger charge is -2.30. The zero-order chi connectivity index (χ0) is 16.2. The fourth-order valence-electron chi connectivity index (χ4n) is 3.11. The molecule has 3 rings (SSSR count). The van der Waals surface area contributed by atoms with Gasteiger partial charge in [0.2, 0.25) is 0 Å². The zero-order valence-corrected chi connectivity index (χ0v) is 14.8. The minimum absolute atomic E-state index is 0.0476. The Bertz CT molecular complexity index is 582.